The average molecular weight is 723 g/mol. The third-order valence-electron chi connectivity index (χ3n) is 11.5. The van der Waals surface area contributed by atoms with Crippen LogP contribution in [0.25, 0.3) is 0 Å². The third kappa shape index (κ3) is 7.94. The van der Waals surface area contributed by atoms with E-state index in [9.17, 15) is 4.79 Å². The largest absolute Gasteiger partial charge is 0.491 e. The van der Waals surface area contributed by atoms with E-state index in [4.69, 9.17) is 32.7 Å². The molecule has 0 radical (unpaired) electrons. The van der Waals surface area contributed by atoms with Gasteiger partial charge in [0.25, 0.3) is 5.91 Å². The quantitative estimate of drug-likeness (QED) is 0.179. The Balaban J connectivity index is 1.38. The molecule has 0 spiro atoms. The fourth-order valence-electron chi connectivity index (χ4n) is 8.17. The molecule has 5 N–H and O–H groups in total. The molecular formula is C39H55ClN6O3S. The van der Waals surface area contributed by atoms with E-state index >= 15 is 0 Å². The zero-order valence-electron chi connectivity index (χ0n) is 30.1. The zero-order chi connectivity index (χ0) is 35.4. The summed E-state index contributed by atoms with van der Waals surface area (Å²) in [6, 6.07) is 12.2. The van der Waals surface area contributed by atoms with E-state index in [2.05, 4.69) is 59.6 Å². The maximum atomic E-state index is 13.5. The Kier molecular flexibility index (Phi) is 11.9. The van der Waals surface area contributed by atoms with Gasteiger partial charge in [-0.25, -0.2) is 5.84 Å². The Morgan fingerprint density at radius 2 is 2.00 bits per heavy atom. The molecule has 1 saturated carbocycles. The lowest BCUT2D eigenvalue weighted by atomic mass is 9.63. The lowest BCUT2D eigenvalue weighted by Gasteiger charge is -2.52. The van der Waals surface area contributed by atoms with E-state index in [0.29, 0.717) is 36.5 Å². The number of hydrogen-bond donors (Lipinski definition) is 3. The molecule has 3 aliphatic heterocycles. The molecule has 4 aliphatic rings. The van der Waals surface area contributed by atoms with Crippen LogP contribution in [-0.4, -0.2) is 79.7 Å². The molecule has 0 aromatic heterocycles. The van der Waals surface area contributed by atoms with Crippen LogP contribution in [0.5, 0.6) is 5.75 Å². The van der Waals surface area contributed by atoms with E-state index in [1.807, 2.05) is 31.4 Å². The minimum absolute atomic E-state index is 0.0773. The molecule has 6 atom stereocenters. The highest BCUT2D eigenvalue weighted by Crippen LogP contribution is 2.47. The number of benzene rings is 2. The number of methoxy groups -OCH3 is 1. The summed E-state index contributed by atoms with van der Waals surface area (Å²) >= 11 is 8.00. The van der Waals surface area contributed by atoms with Gasteiger partial charge in [-0.1, -0.05) is 57.0 Å². The normalized spacial score (nSPS) is 30.9. The molecule has 2 fully saturated rings. The summed E-state index contributed by atoms with van der Waals surface area (Å²) in [7, 11) is 1.88. The van der Waals surface area contributed by atoms with Crippen LogP contribution in [0.1, 0.15) is 73.9 Å². The maximum Gasteiger partial charge on any atom is 0.261 e. The topological polar surface area (TPSA) is 109 Å². The summed E-state index contributed by atoms with van der Waals surface area (Å²) in [6.07, 6.45) is 11.4. The molecular weight excluding hydrogens is 668 g/mol. The van der Waals surface area contributed by atoms with Gasteiger partial charge in [-0.15, -0.1) is 0 Å². The molecule has 3 heterocycles. The maximum absolute atomic E-state index is 13.5. The lowest BCUT2D eigenvalue weighted by Crippen LogP contribution is -2.59. The van der Waals surface area contributed by atoms with Crippen molar-refractivity contribution in [3.63, 3.8) is 0 Å². The molecule has 6 unspecified atom stereocenters. The Bertz CT molecular complexity index is 1570. The van der Waals surface area contributed by atoms with Crippen molar-refractivity contribution in [1.29, 1.82) is 0 Å². The van der Waals surface area contributed by atoms with Crippen molar-refractivity contribution in [2.45, 2.75) is 69.6 Å². The molecule has 272 valence electrons. The molecule has 2 bridgehead atoms. The average Bonchev–Trinajstić information content (AvgIpc) is 3.28. The number of carbonyl (C=O) groups is 1. The van der Waals surface area contributed by atoms with Gasteiger partial charge in [-0.3, -0.25) is 14.4 Å². The highest BCUT2D eigenvalue weighted by Gasteiger charge is 2.48. The van der Waals surface area contributed by atoms with E-state index in [1.165, 1.54) is 23.1 Å². The second kappa shape index (κ2) is 16.2. The number of amides is 1. The number of allylic oxidation sites excluding steroid dienone is 1. The number of ether oxygens (including phenoxy) is 2. The molecule has 9 nitrogen and oxygen atoms in total. The van der Waals surface area contributed by atoms with Gasteiger partial charge >= 0.3 is 0 Å². The van der Waals surface area contributed by atoms with Crippen LogP contribution in [0.4, 0.5) is 5.69 Å². The summed E-state index contributed by atoms with van der Waals surface area (Å²) in [5, 5.41) is 2.74. The first-order valence-electron chi connectivity index (χ1n) is 18.3. The molecule has 6 rings (SSSR count). The van der Waals surface area contributed by atoms with Crippen LogP contribution < -0.4 is 25.9 Å². The molecule has 11 heteroatoms. The number of halogens is 1. The summed E-state index contributed by atoms with van der Waals surface area (Å²) in [5.41, 5.74) is 10.6. The Labute approximate surface area is 307 Å². The lowest BCUT2D eigenvalue weighted by molar-refractivity contribution is -0.0933. The second-order valence-corrected chi connectivity index (χ2v) is 16.3. The first-order chi connectivity index (χ1) is 24.1. The Hall–Kier alpha value is -2.89. The molecule has 50 heavy (non-hydrogen) atoms. The van der Waals surface area contributed by atoms with Gasteiger partial charge in [0.2, 0.25) is 0 Å². The number of rotatable bonds is 6. The van der Waals surface area contributed by atoms with Crippen molar-refractivity contribution in [2.24, 2.45) is 29.3 Å². The van der Waals surface area contributed by atoms with Crippen molar-refractivity contribution in [1.82, 2.24) is 14.6 Å². The summed E-state index contributed by atoms with van der Waals surface area (Å²) in [4.78, 5) is 18.4. The van der Waals surface area contributed by atoms with Gasteiger partial charge in [0.05, 0.1) is 18.0 Å². The van der Waals surface area contributed by atoms with Gasteiger partial charge in [0.15, 0.2) is 0 Å². The molecule has 1 aliphatic carbocycles. The van der Waals surface area contributed by atoms with Gasteiger partial charge < -0.3 is 25.1 Å². The standard InChI is InChI=1S/C39H55ClN6O3S/c1-5-7-28-18-32(40)11-12-34(28)31-22-45-21-30-9-13-35(30)39(48-4,25-44-16-17-46(42)33(20-41)23-44)15-6-8-26(2)27(3)50-43-38(47)29-10-14-37(49-24-31)36(45)19-29/h6,10-12,14-15,18-20,26-27,30-31,35H,5,7-9,13,16-17,21-25,41-42H2,1-4H3,(H,43,47)/b15-6+,33-20-. The number of nitrogens with one attached hydrogen (secondary N) is 1. The van der Waals surface area contributed by atoms with Crippen LogP contribution in [0, 0.1) is 17.8 Å². The SMILES string of the molecule is CCCc1cc(Cl)ccc1C1COc2ccc3cc2N(C1)CC1CCC1C(CN1CCN(N)/C(=C\N)C1)(OC)/C=C/CC(C)C(C)SNC3=O. The van der Waals surface area contributed by atoms with E-state index in [-0.39, 0.29) is 17.1 Å². The van der Waals surface area contributed by atoms with Crippen LogP contribution in [0.2, 0.25) is 5.02 Å². The first kappa shape index (κ1) is 36.9. The first-order valence-corrected chi connectivity index (χ1v) is 19.5. The number of hydrazine groups is 1. The minimum atomic E-state index is -0.475. The molecule has 2 aromatic rings. The number of hydrogen-bond acceptors (Lipinski definition) is 9. The van der Waals surface area contributed by atoms with Crippen LogP contribution in [0.15, 0.2) is 60.4 Å². The third-order valence-corrected chi connectivity index (χ3v) is 12.9. The number of piperazine rings is 1. The molecule has 2 aromatic carbocycles. The second-order valence-electron chi connectivity index (χ2n) is 14.7. The van der Waals surface area contributed by atoms with Crippen molar-refractivity contribution in [3.05, 3.63) is 82.2 Å². The summed E-state index contributed by atoms with van der Waals surface area (Å²) in [6.45, 7) is 11.8. The molecule has 1 amide bonds. The molecule has 1 saturated heterocycles. The monoisotopic (exact) mass is 722 g/mol. The predicted octanol–water partition coefficient (Wildman–Crippen LogP) is 6.34. The number of nitrogens with zero attached hydrogens (tertiary/aromatic N) is 3. The van der Waals surface area contributed by atoms with Crippen molar-refractivity contribution >= 4 is 35.1 Å². The smallest absolute Gasteiger partial charge is 0.261 e. The highest BCUT2D eigenvalue weighted by molar-refractivity contribution is 7.98. The van der Waals surface area contributed by atoms with E-state index in [1.54, 1.807) is 11.2 Å². The van der Waals surface area contributed by atoms with E-state index in [0.717, 1.165) is 87.0 Å². The van der Waals surface area contributed by atoms with Crippen molar-refractivity contribution in [3.8, 4) is 5.75 Å². The predicted molar refractivity (Wildman–Crippen MR) is 205 cm³/mol. The van der Waals surface area contributed by atoms with Crippen LogP contribution >= 0.6 is 23.5 Å². The fourth-order valence-corrected chi connectivity index (χ4v) is 9.12. The Morgan fingerprint density at radius 1 is 1.16 bits per heavy atom. The fraction of sp³-hybridized carbons (Fsp3) is 0.564. The summed E-state index contributed by atoms with van der Waals surface area (Å²) in [5.74, 6) is 8.17. The van der Waals surface area contributed by atoms with Gasteiger partial charge in [0.1, 0.15) is 11.4 Å². The number of aryl methyl sites for hydroxylation is 1. The number of fused-ring (bicyclic) bond motifs is 2. The zero-order valence-corrected chi connectivity index (χ0v) is 31.6. The number of anilines is 1. The van der Waals surface area contributed by atoms with Crippen LogP contribution in [-0.2, 0) is 11.2 Å². The van der Waals surface area contributed by atoms with Gasteiger partial charge in [-0.2, -0.15) is 0 Å². The van der Waals surface area contributed by atoms with Crippen LogP contribution in [0.3, 0.4) is 0 Å². The minimum Gasteiger partial charge on any atom is -0.491 e. The summed E-state index contributed by atoms with van der Waals surface area (Å²) < 4.78 is 16.4. The van der Waals surface area contributed by atoms with Gasteiger partial charge in [-0.05, 0) is 96.8 Å². The van der Waals surface area contributed by atoms with Crippen molar-refractivity contribution < 1.29 is 14.3 Å². The van der Waals surface area contributed by atoms with E-state index < -0.39 is 5.60 Å². The van der Waals surface area contributed by atoms with Gasteiger partial charge in [0, 0.05) is 74.3 Å². The number of nitrogens with two attached hydrogens (primary N) is 2. The number of carbonyl (C=O) groups excluding carboxylic acids is 1. The van der Waals surface area contributed by atoms with Crippen molar-refractivity contribution in [2.75, 3.05) is 57.9 Å². The Morgan fingerprint density at radius 3 is 2.74 bits per heavy atom. The highest BCUT2D eigenvalue weighted by atomic mass is 35.5.